The van der Waals surface area contributed by atoms with Gasteiger partial charge in [0.1, 0.15) is 0 Å². The predicted molar refractivity (Wildman–Crippen MR) is 103 cm³/mol. The summed E-state index contributed by atoms with van der Waals surface area (Å²) < 4.78 is 19.3. The zero-order valence-electron chi connectivity index (χ0n) is 15.1. The van der Waals surface area contributed by atoms with E-state index in [2.05, 4.69) is 28.0 Å². The highest BCUT2D eigenvalue weighted by Crippen LogP contribution is 2.43. The number of nitrogens with zero attached hydrogens (tertiary/aromatic N) is 2. The number of ether oxygens (including phenoxy) is 1. The van der Waals surface area contributed by atoms with Gasteiger partial charge in [0, 0.05) is 30.8 Å². The fourth-order valence-corrected chi connectivity index (χ4v) is 6.00. The van der Waals surface area contributed by atoms with Crippen molar-refractivity contribution in [1.29, 1.82) is 0 Å². The number of benzene rings is 2. The Morgan fingerprint density at radius 1 is 1.08 bits per heavy atom. The summed E-state index contributed by atoms with van der Waals surface area (Å²) in [4.78, 5) is 6.42. The van der Waals surface area contributed by atoms with Gasteiger partial charge < -0.3 is 19.1 Å². The third-order valence-corrected chi connectivity index (χ3v) is 7.54. The predicted octanol–water partition coefficient (Wildman–Crippen LogP) is 3.55. The first-order valence-corrected chi connectivity index (χ1v) is 10.6. The molecule has 6 rings (SSSR count). The van der Waals surface area contributed by atoms with Gasteiger partial charge in [0.2, 0.25) is 0 Å². The lowest BCUT2D eigenvalue weighted by molar-refractivity contribution is -0.0766. The maximum Gasteiger partial charge on any atom is 0.182 e. The second kappa shape index (κ2) is 6.57. The molecule has 0 spiro atoms. The van der Waals surface area contributed by atoms with Crippen molar-refractivity contribution in [2.75, 3.05) is 31.6 Å². The topological polar surface area (TPSA) is 38.8 Å². The highest BCUT2D eigenvalue weighted by molar-refractivity contribution is 7.92. The van der Waals surface area contributed by atoms with Crippen LogP contribution in [0.15, 0.2) is 52.3 Å². The van der Waals surface area contributed by atoms with Gasteiger partial charge in [-0.05, 0) is 55.6 Å². The van der Waals surface area contributed by atoms with Crippen LogP contribution < -0.4 is 4.90 Å². The van der Waals surface area contributed by atoms with Crippen molar-refractivity contribution < 1.29 is 9.29 Å². The molecular formula is C21H24N2O2S. The minimum atomic E-state index is -1.14. The van der Waals surface area contributed by atoms with Gasteiger partial charge in [-0.15, -0.1) is 0 Å². The molecular weight excluding hydrogens is 344 g/mol. The van der Waals surface area contributed by atoms with Crippen molar-refractivity contribution >= 4 is 22.6 Å². The van der Waals surface area contributed by atoms with Crippen molar-refractivity contribution in [1.82, 2.24) is 4.90 Å². The summed E-state index contributed by atoms with van der Waals surface area (Å²) in [5, 5.41) is 0. The van der Waals surface area contributed by atoms with Gasteiger partial charge in [-0.3, -0.25) is 0 Å². The van der Waals surface area contributed by atoms with Crippen molar-refractivity contribution in [3.8, 4) is 0 Å². The summed E-state index contributed by atoms with van der Waals surface area (Å²) in [5.74, 6) is 0.713. The lowest BCUT2D eigenvalue weighted by atomic mass is 9.86. The number of fused-ring (bicyclic) bond motifs is 5. The average molecular weight is 369 g/mol. The van der Waals surface area contributed by atoms with Crippen LogP contribution in [-0.2, 0) is 22.5 Å². The second-order valence-corrected chi connectivity index (χ2v) is 9.00. The van der Waals surface area contributed by atoms with Crippen molar-refractivity contribution in [2.45, 2.75) is 35.3 Å². The first kappa shape index (κ1) is 16.6. The first-order valence-electron chi connectivity index (χ1n) is 9.42. The van der Waals surface area contributed by atoms with E-state index in [1.807, 2.05) is 31.3 Å². The zero-order valence-corrected chi connectivity index (χ0v) is 15.9. The van der Waals surface area contributed by atoms with Crippen LogP contribution in [0.25, 0.3) is 0 Å². The molecule has 0 aliphatic carbocycles. The molecule has 2 unspecified atom stereocenters. The minimum absolute atomic E-state index is 0.349. The summed E-state index contributed by atoms with van der Waals surface area (Å²) in [7, 11) is 2.04. The van der Waals surface area contributed by atoms with Gasteiger partial charge in [-0.1, -0.05) is 18.2 Å². The highest BCUT2D eigenvalue weighted by atomic mass is 32.2. The van der Waals surface area contributed by atoms with Gasteiger partial charge in [-0.2, -0.15) is 0 Å². The molecule has 0 amide bonds. The smallest absolute Gasteiger partial charge is 0.182 e. The fourth-order valence-electron chi connectivity index (χ4n) is 4.52. The molecule has 4 nitrogen and oxygen atoms in total. The van der Waals surface area contributed by atoms with E-state index in [1.54, 1.807) is 0 Å². The van der Waals surface area contributed by atoms with Gasteiger partial charge in [0.15, 0.2) is 9.79 Å². The largest absolute Gasteiger partial charge is 0.606 e. The zero-order chi connectivity index (χ0) is 17.7. The number of hydrogen-bond acceptors (Lipinski definition) is 4. The second-order valence-electron chi connectivity index (χ2n) is 7.59. The van der Waals surface area contributed by atoms with Crippen molar-refractivity contribution in [2.24, 2.45) is 5.92 Å². The molecule has 4 aliphatic rings. The summed E-state index contributed by atoms with van der Waals surface area (Å²) in [6.45, 7) is 4.13. The van der Waals surface area contributed by atoms with Gasteiger partial charge >= 0.3 is 0 Å². The molecule has 5 heteroatoms. The maximum atomic E-state index is 13.1. The molecule has 0 aromatic heterocycles. The van der Waals surface area contributed by atoms with E-state index in [0.29, 0.717) is 18.6 Å². The van der Waals surface area contributed by atoms with Crippen LogP contribution in [0.3, 0.4) is 0 Å². The molecule has 2 aromatic rings. The van der Waals surface area contributed by atoms with Crippen molar-refractivity contribution in [3.05, 3.63) is 48.0 Å². The third kappa shape index (κ3) is 2.74. The van der Waals surface area contributed by atoms with E-state index >= 15 is 0 Å². The first-order chi connectivity index (χ1) is 12.7. The lowest BCUT2D eigenvalue weighted by Crippen LogP contribution is -2.51. The van der Waals surface area contributed by atoms with Crippen LogP contribution in [-0.4, -0.2) is 42.2 Å². The summed E-state index contributed by atoms with van der Waals surface area (Å²) in [6.07, 6.45) is 2.88. The van der Waals surface area contributed by atoms with E-state index in [4.69, 9.17) is 4.74 Å². The van der Waals surface area contributed by atoms with E-state index in [0.717, 1.165) is 33.3 Å². The Kier molecular flexibility index (Phi) is 4.20. The Labute approximate surface area is 157 Å². The molecule has 26 heavy (non-hydrogen) atoms. The highest BCUT2D eigenvalue weighted by Gasteiger charge is 2.35. The monoisotopic (exact) mass is 368 g/mol. The molecule has 2 aromatic carbocycles. The van der Waals surface area contributed by atoms with Gasteiger partial charge in [0.25, 0.3) is 0 Å². The molecule has 4 heterocycles. The molecule has 2 bridgehead atoms. The third-order valence-electron chi connectivity index (χ3n) is 6.07. The average Bonchev–Trinajstić information content (AvgIpc) is 2.71. The molecule has 0 saturated carbocycles. The van der Waals surface area contributed by atoms with E-state index < -0.39 is 11.2 Å². The molecule has 4 aliphatic heterocycles. The van der Waals surface area contributed by atoms with Crippen LogP contribution in [0.1, 0.15) is 18.4 Å². The quantitative estimate of drug-likeness (QED) is 0.777. The normalized spacial score (nSPS) is 29.4. The lowest BCUT2D eigenvalue weighted by Gasteiger charge is -2.44. The fraction of sp³-hybridized carbons (Fsp3) is 0.429. The molecule has 2 atom stereocenters. The minimum Gasteiger partial charge on any atom is -0.606 e. The number of piperidine rings is 3. The van der Waals surface area contributed by atoms with Crippen LogP contribution in [0.5, 0.6) is 0 Å². The van der Waals surface area contributed by atoms with Crippen LogP contribution in [0.4, 0.5) is 11.4 Å². The Morgan fingerprint density at radius 3 is 2.62 bits per heavy atom. The van der Waals surface area contributed by atoms with E-state index in [9.17, 15) is 4.55 Å². The summed E-state index contributed by atoms with van der Waals surface area (Å²) in [6, 6.07) is 14.2. The molecule has 0 N–H and O–H groups in total. The molecule has 0 radical (unpaired) electrons. The Balaban J connectivity index is 1.36. The molecule has 3 fully saturated rings. The number of rotatable bonds is 3. The van der Waals surface area contributed by atoms with Crippen LogP contribution >= 0.6 is 0 Å². The standard InChI is InChI=1S/C21H24N2O2S/c1-22-17-4-2-3-5-20(17)26(24)21-12-15(6-7-18(21)22)14-25-19-13-23-10-8-16(19)9-11-23/h2-7,12,16,19H,8-11,13-14H2,1H3. The number of para-hydroxylation sites is 1. The Morgan fingerprint density at radius 2 is 1.85 bits per heavy atom. The van der Waals surface area contributed by atoms with Gasteiger partial charge in [-0.25, -0.2) is 0 Å². The van der Waals surface area contributed by atoms with E-state index in [-0.39, 0.29) is 0 Å². The molecule has 136 valence electrons. The Hall–Kier alpha value is -1.53. The maximum absolute atomic E-state index is 13.1. The van der Waals surface area contributed by atoms with Crippen LogP contribution in [0.2, 0.25) is 0 Å². The molecule has 3 saturated heterocycles. The SMILES string of the molecule is CN1c2ccccc2[S+]([O-])c2cc(COC3CN4CCC3CC4)ccc21. The summed E-state index contributed by atoms with van der Waals surface area (Å²) in [5.41, 5.74) is 3.16. The number of hydrogen-bond donors (Lipinski definition) is 0. The Bertz CT molecular complexity index is 819. The summed E-state index contributed by atoms with van der Waals surface area (Å²) >= 11 is -1.14. The number of anilines is 2. The van der Waals surface area contributed by atoms with Crippen molar-refractivity contribution in [3.63, 3.8) is 0 Å². The van der Waals surface area contributed by atoms with E-state index in [1.165, 1.54) is 25.9 Å². The van der Waals surface area contributed by atoms with Crippen LogP contribution in [0, 0.1) is 5.92 Å². The van der Waals surface area contributed by atoms with Gasteiger partial charge in [0.05, 0.1) is 24.1 Å².